The van der Waals surface area contributed by atoms with Crippen LogP contribution in [-0.4, -0.2) is 37.1 Å². The van der Waals surface area contributed by atoms with Gasteiger partial charge in [-0.2, -0.15) is 0 Å². The van der Waals surface area contributed by atoms with Gasteiger partial charge in [-0.3, -0.25) is 4.79 Å². The molecule has 1 aliphatic rings. The molecule has 1 aliphatic heterocycles. The van der Waals surface area contributed by atoms with Gasteiger partial charge in [-0.1, -0.05) is 12.1 Å². The number of carbonyl (C=O) groups is 1. The molecule has 1 amide bonds. The molecule has 0 atom stereocenters. The van der Waals surface area contributed by atoms with E-state index >= 15 is 0 Å². The van der Waals surface area contributed by atoms with E-state index in [4.69, 9.17) is 4.74 Å². The number of rotatable bonds is 4. The van der Waals surface area contributed by atoms with E-state index < -0.39 is 0 Å². The van der Waals surface area contributed by atoms with Gasteiger partial charge in [0.15, 0.2) is 11.6 Å². The third-order valence-corrected chi connectivity index (χ3v) is 3.54. The van der Waals surface area contributed by atoms with Crippen LogP contribution in [0.1, 0.15) is 10.4 Å². The molecule has 5 nitrogen and oxygen atoms in total. The Morgan fingerprint density at radius 3 is 2.82 bits per heavy atom. The van der Waals surface area contributed by atoms with E-state index in [0.29, 0.717) is 24.5 Å². The van der Waals surface area contributed by atoms with Crippen molar-refractivity contribution in [2.45, 2.75) is 6.10 Å². The molecule has 2 heterocycles. The number of hydrogen-bond acceptors (Lipinski definition) is 4. The smallest absolute Gasteiger partial charge is 0.254 e. The highest BCUT2D eigenvalue weighted by Crippen LogP contribution is 2.26. The Bertz CT molecular complexity index is 687. The molecule has 1 saturated heterocycles. The Hall–Kier alpha value is -2.63. The summed E-state index contributed by atoms with van der Waals surface area (Å²) in [5.74, 6) is 0.321. The van der Waals surface area contributed by atoms with Crippen molar-refractivity contribution in [3.63, 3.8) is 0 Å². The maximum atomic E-state index is 13.5. The number of pyridine rings is 1. The molecule has 1 N–H and O–H groups in total. The first-order valence-electron chi connectivity index (χ1n) is 7.02. The fourth-order valence-electron chi connectivity index (χ4n) is 2.37. The second kappa shape index (κ2) is 6.01. The molecule has 0 spiro atoms. The number of benzene rings is 1. The maximum Gasteiger partial charge on any atom is 0.254 e. The van der Waals surface area contributed by atoms with Gasteiger partial charge in [-0.15, -0.1) is 0 Å². The number of ether oxygens (including phenoxy) is 1. The van der Waals surface area contributed by atoms with Gasteiger partial charge in [0.2, 0.25) is 0 Å². The molecule has 1 aromatic heterocycles. The van der Waals surface area contributed by atoms with Gasteiger partial charge in [0.05, 0.1) is 18.7 Å². The van der Waals surface area contributed by atoms with Crippen molar-refractivity contribution in [3.8, 4) is 5.75 Å². The second-order valence-electron chi connectivity index (χ2n) is 5.03. The lowest BCUT2D eigenvalue weighted by molar-refractivity contribution is 0.0961. The van der Waals surface area contributed by atoms with Crippen LogP contribution in [0.2, 0.25) is 0 Å². The van der Waals surface area contributed by atoms with Crippen LogP contribution in [0.15, 0.2) is 42.6 Å². The third-order valence-electron chi connectivity index (χ3n) is 3.54. The summed E-state index contributed by atoms with van der Waals surface area (Å²) in [6.45, 7) is 1.13. The first-order chi connectivity index (χ1) is 10.7. The zero-order valence-corrected chi connectivity index (χ0v) is 12.1. The lowest BCUT2D eigenvalue weighted by Gasteiger charge is -2.40. The molecule has 0 unspecified atom stereocenters. The molecule has 2 aromatic rings. The molecule has 0 aliphatic carbocycles. The van der Waals surface area contributed by atoms with E-state index in [-0.39, 0.29) is 23.6 Å². The average Bonchev–Trinajstić information content (AvgIpc) is 2.51. The quantitative estimate of drug-likeness (QED) is 0.936. The lowest BCUT2D eigenvalue weighted by Crippen LogP contribution is -2.54. The monoisotopic (exact) mass is 301 g/mol. The van der Waals surface area contributed by atoms with Crippen LogP contribution in [0.5, 0.6) is 5.75 Å². The standard InChI is InChI=1S/C16H16FN3O2/c1-18-16(21)12-5-4-8-19-15(12)20-9-11(10-20)22-14-7-3-2-6-13(14)17/h2-8,11H,9-10H2,1H3,(H,18,21). The van der Waals surface area contributed by atoms with Gasteiger partial charge >= 0.3 is 0 Å². The normalized spacial score (nSPS) is 14.4. The Labute approximate surface area is 127 Å². The number of anilines is 1. The molecule has 3 rings (SSSR count). The molecule has 1 aromatic carbocycles. The molecule has 114 valence electrons. The van der Waals surface area contributed by atoms with E-state index in [1.807, 2.05) is 4.90 Å². The molecule has 1 fully saturated rings. The highest BCUT2D eigenvalue weighted by Gasteiger charge is 2.32. The number of nitrogens with zero attached hydrogens (tertiary/aromatic N) is 2. The van der Waals surface area contributed by atoms with Gasteiger partial charge in [-0.25, -0.2) is 9.37 Å². The van der Waals surface area contributed by atoms with E-state index in [1.54, 1.807) is 43.6 Å². The topological polar surface area (TPSA) is 54.5 Å². The van der Waals surface area contributed by atoms with E-state index in [1.165, 1.54) is 6.07 Å². The zero-order chi connectivity index (χ0) is 15.5. The summed E-state index contributed by atoms with van der Waals surface area (Å²) in [7, 11) is 1.58. The van der Waals surface area contributed by atoms with Gasteiger partial charge in [0, 0.05) is 13.2 Å². The number of para-hydroxylation sites is 1. The predicted molar refractivity (Wildman–Crippen MR) is 80.7 cm³/mol. The predicted octanol–water partition coefficient (Wildman–Crippen LogP) is 1.85. The van der Waals surface area contributed by atoms with Crippen molar-refractivity contribution in [2.24, 2.45) is 0 Å². The van der Waals surface area contributed by atoms with Crippen molar-refractivity contribution in [2.75, 3.05) is 25.0 Å². The molecule has 6 heteroatoms. The van der Waals surface area contributed by atoms with Crippen LogP contribution in [0, 0.1) is 5.82 Å². The van der Waals surface area contributed by atoms with Crippen molar-refractivity contribution in [1.29, 1.82) is 0 Å². The second-order valence-corrected chi connectivity index (χ2v) is 5.03. The largest absolute Gasteiger partial charge is 0.484 e. The number of carbonyl (C=O) groups excluding carboxylic acids is 1. The minimum atomic E-state index is -0.371. The fraction of sp³-hybridized carbons (Fsp3) is 0.250. The minimum absolute atomic E-state index is 0.114. The van der Waals surface area contributed by atoms with E-state index in [0.717, 1.165) is 0 Å². The Morgan fingerprint density at radius 2 is 2.09 bits per heavy atom. The number of hydrogen-bond donors (Lipinski definition) is 1. The van der Waals surface area contributed by atoms with Gasteiger partial charge in [0.1, 0.15) is 11.9 Å². The van der Waals surface area contributed by atoms with Crippen molar-refractivity contribution in [1.82, 2.24) is 10.3 Å². The van der Waals surface area contributed by atoms with Crippen LogP contribution in [-0.2, 0) is 0 Å². The Morgan fingerprint density at radius 1 is 1.32 bits per heavy atom. The molecular formula is C16H16FN3O2. The Balaban J connectivity index is 1.67. The summed E-state index contributed by atoms with van der Waals surface area (Å²) in [4.78, 5) is 18.0. The maximum absolute atomic E-state index is 13.5. The first kappa shape index (κ1) is 14.3. The van der Waals surface area contributed by atoms with Gasteiger partial charge in [0.25, 0.3) is 5.91 Å². The van der Waals surface area contributed by atoms with Crippen LogP contribution in [0.25, 0.3) is 0 Å². The average molecular weight is 301 g/mol. The molecule has 0 saturated carbocycles. The van der Waals surface area contributed by atoms with E-state index in [2.05, 4.69) is 10.3 Å². The summed E-state index contributed by atoms with van der Waals surface area (Å²) in [5, 5.41) is 2.60. The number of aromatic nitrogens is 1. The van der Waals surface area contributed by atoms with Gasteiger partial charge in [-0.05, 0) is 24.3 Å². The molecular weight excluding hydrogens is 285 g/mol. The van der Waals surface area contributed by atoms with Crippen LogP contribution >= 0.6 is 0 Å². The molecule has 0 radical (unpaired) electrons. The summed E-state index contributed by atoms with van der Waals surface area (Å²) >= 11 is 0. The summed E-state index contributed by atoms with van der Waals surface area (Å²) < 4.78 is 19.2. The van der Waals surface area contributed by atoms with Crippen molar-refractivity contribution in [3.05, 3.63) is 54.0 Å². The summed E-state index contributed by atoms with van der Waals surface area (Å²) in [5.41, 5.74) is 0.523. The van der Waals surface area contributed by atoms with Crippen LogP contribution < -0.4 is 15.0 Å². The SMILES string of the molecule is CNC(=O)c1cccnc1N1CC(Oc2ccccc2F)C1. The summed E-state index contributed by atoms with van der Waals surface area (Å²) in [6.07, 6.45) is 1.53. The lowest BCUT2D eigenvalue weighted by atomic mass is 10.1. The first-order valence-corrected chi connectivity index (χ1v) is 7.02. The van der Waals surface area contributed by atoms with Crippen LogP contribution in [0.4, 0.5) is 10.2 Å². The Kier molecular flexibility index (Phi) is 3.91. The van der Waals surface area contributed by atoms with Gasteiger partial charge < -0.3 is 15.0 Å². The van der Waals surface area contributed by atoms with E-state index in [9.17, 15) is 9.18 Å². The highest BCUT2D eigenvalue weighted by atomic mass is 19.1. The molecule has 22 heavy (non-hydrogen) atoms. The van der Waals surface area contributed by atoms with Crippen molar-refractivity contribution >= 4 is 11.7 Å². The third kappa shape index (κ3) is 2.72. The number of halogens is 1. The number of nitrogens with one attached hydrogen (secondary N) is 1. The van der Waals surface area contributed by atoms with Crippen LogP contribution in [0.3, 0.4) is 0 Å². The highest BCUT2D eigenvalue weighted by molar-refractivity contribution is 5.98. The number of amides is 1. The molecule has 0 bridgehead atoms. The summed E-state index contributed by atoms with van der Waals surface area (Å²) in [6, 6.07) is 9.78. The fourth-order valence-corrected chi connectivity index (χ4v) is 2.37. The zero-order valence-electron chi connectivity index (χ0n) is 12.1. The minimum Gasteiger partial charge on any atom is -0.484 e. The van der Waals surface area contributed by atoms with Crippen molar-refractivity contribution < 1.29 is 13.9 Å².